The third-order valence-corrected chi connectivity index (χ3v) is 3.43. The molecule has 4 heteroatoms. The maximum Gasteiger partial charge on any atom is 0.317 e. The Bertz CT molecular complexity index is 226. The Hall–Kier alpha value is -0.770. The van der Waals surface area contributed by atoms with Gasteiger partial charge in [0.2, 0.25) is 0 Å². The van der Waals surface area contributed by atoms with Crippen molar-refractivity contribution in [2.45, 2.75) is 51.6 Å². The second-order valence-electron chi connectivity index (χ2n) is 5.20. The highest BCUT2D eigenvalue weighted by molar-refractivity contribution is 5.74. The van der Waals surface area contributed by atoms with Gasteiger partial charge in [-0.1, -0.05) is 13.8 Å². The summed E-state index contributed by atoms with van der Waals surface area (Å²) in [5.74, 6) is 0.475. The molecule has 0 spiro atoms. The number of hydrogen-bond donors (Lipinski definition) is 2. The van der Waals surface area contributed by atoms with Crippen molar-refractivity contribution in [3.63, 3.8) is 0 Å². The van der Waals surface area contributed by atoms with Crippen LogP contribution in [0.3, 0.4) is 0 Å². The second-order valence-corrected chi connectivity index (χ2v) is 5.20. The minimum atomic E-state index is 0.0423. The van der Waals surface area contributed by atoms with E-state index in [4.69, 9.17) is 5.73 Å². The zero-order chi connectivity index (χ0) is 12.1. The predicted octanol–water partition coefficient (Wildman–Crippen LogP) is 1.55. The van der Waals surface area contributed by atoms with Crippen LogP contribution in [0.2, 0.25) is 0 Å². The number of amides is 2. The number of nitrogens with zero attached hydrogens (tertiary/aromatic N) is 1. The molecule has 0 saturated heterocycles. The summed E-state index contributed by atoms with van der Waals surface area (Å²) in [4.78, 5) is 13.4. The van der Waals surface area contributed by atoms with E-state index in [1.54, 1.807) is 4.90 Å². The molecule has 1 rings (SSSR count). The van der Waals surface area contributed by atoms with E-state index < -0.39 is 0 Å². The molecule has 0 radical (unpaired) electrons. The topological polar surface area (TPSA) is 58.4 Å². The lowest BCUT2D eigenvalue weighted by Gasteiger charge is -2.29. The summed E-state index contributed by atoms with van der Waals surface area (Å²) in [6.45, 7) is 4.95. The average Bonchev–Trinajstić information content (AvgIpc) is 2.18. The molecule has 1 saturated carbocycles. The molecule has 0 bridgehead atoms. The summed E-state index contributed by atoms with van der Waals surface area (Å²) in [7, 11) is 1.83. The first-order valence-corrected chi connectivity index (χ1v) is 6.28. The third kappa shape index (κ3) is 4.00. The Morgan fingerprint density at radius 3 is 2.56 bits per heavy atom. The fourth-order valence-corrected chi connectivity index (χ4v) is 1.61. The highest BCUT2D eigenvalue weighted by atomic mass is 16.2. The van der Waals surface area contributed by atoms with Gasteiger partial charge in [-0.3, -0.25) is 0 Å². The summed E-state index contributed by atoms with van der Waals surface area (Å²) in [6.07, 6.45) is 4.37. The van der Waals surface area contributed by atoms with Crippen molar-refractivity contribution in [2.24, 2.45) is 11.7 Å². The Morgan fingerprint density at radius 2 is 2.12 bits per heavy atom. The van der Waals surface area contributed by atoms with E-state index in [-0.39, 0.29) is 12.1 Å². The number of nitrogens with one attached hydrogen (secondary N) is 1. The maximum absolute atomic E-state index is 11.7. The number of carbonyl (C=O) groups excluding carboxylic acids is 1. The van der Waals surface area contributed by atoms with Crippen LogP contribution in [0.5, 0.6) is 0 Å². The van der Waals surface area contributed by atoms with Gasteiger partial charge >= 0.3 is 6.03 Å². The van der Waals surface area contributed by atoms with Crippen molar-refractivity contribution in [1.29, 1.82) is 0 Å². The number of hydrogen-bond acceptors (Lipinski definition) is 2. The molecular formula is C12H25N3O. The van der Waals surface area contributed by atoms with Crippen LogP contribution in [0.4, 0.5) is 4.79 Å². The van der Waals surface area contributed by atoms with E-state index in [0.29, 0.717) is 12.0 Å². The second kappa shape index (κ2) is 6.09. The Balaban J connectivity index is 2.17. The number of urea groups is 1. The van der Waals surface area contributed by atoms with Crippen molar-refractivity contribution in [3.05, 3.63) is 0 Å². The van der Waals surface area contributed by atoms with E-state index in [0.717, 1.165) is 25.8 Å². The minimum absolute atomic E-state index is 0.0423. The predicted molar refractivity (Wildman–Crippen MR) is 66.2 cm³/mol. The van der Waals surface area contributed by atoms with Crippen LogP contribution in [0, 0.1) is 5.92 Å². The first-order chi connectivity index (χ1) is 7.50. The van der Waals surface area contributed by atoms with Crippen molar-refractivity contribution in [1.82, 2.24) is 10.2 Å². The molecule has 4 nitrogen and oxygen atoms in total. The minimum Gasteiger partial charge on any atom is -0.335 e. The van der Waals surface area contributed by atoms with Crippen molar-refractivity contribution in [3.8, 4) is 0 Å². The normalized spacial score (nSPS) is 18.1. The lowest BCUT2D eigenvalue weighted by Crippen LogP contribution is -2.46. The molecule has 3 N–H and O–H groups in total. The average molecular weight is 227 g/mol. The van der Waals surface area contributed by atoms with Crippen molar-refractivity contribution < 1.29 is 4.79 Å². The highest BCUT2D eigenvalue weighted by Gasteiger charge is 2.21. The number of nitrogens with two attached hydrogens (primary N) is 1. The molecule has 16 heavy (non-hydrogen) atoms. The lowest BCUT2D eigenvalue weighted by atomic mass is 9.93. The monoisotopic (exact) mass is 227 g/mol. The molecule has 1 aliphatic carbocycles. The van der Waals surface area contributed by atoms with Gasteiger partial charge in [-0.2, -0.15) is 0 Å². The molecule has 0 aromatic carbocycles. The van der Waals surface area contributed by atoms with Gasteiger partial charge < -0.3 is 16.0 Å². The molecule has 94 valence electrons. The maximum atomic E-state index is 11.7. The van der Waals surface area contributed by atoms with Crippen LogP contribution in [0.25, 0.3) is 0 Å². The first kappa shape index (κ1) is 13.3. The van der Waals surface area contributed by atoms with Crippen LogP contribution in [0.1, 0.15) is 39.5 Å². The zero-order valence-corrected chi connectivity index (χ0v) is 10.7. The van der Waals surface area contributed by atoms with Gasteiger partial charge in [-0.25, -0.2) is 4.79 Å². The van der Waals surface area contributed by atoms with Crippen LogP contribution < -0.4 is 11.1 Å². The summed E-state index contributed by atoms with van der Waals surface area (Å²) in [5.41, 5.74) is 5.95. The molecule has 0 aliphatic heterocycles. The van der Waals surface area contributed by atoms with Crippen LogP contribution in [-0.2, 0) is 0 Å². The molecule has 1 aliphatic rings. The largest absolute Gasteiger partial charge is 0.335 e. The van der Waals surface area contributed by atoms with E-state index in [2.05, 4.69) is 19.2 Å². The summed E-state index contributed by atoms with van der Waals surface area (Å²) in [6, 6.07) is 0.633. The molecular weight excluding hydrogens is 202 g/mol. The van der Waals surface area contributed by atoms with E-state index >= 15 is 0 Å². The van der Waals surface area contributed by atoms with Gasteiger partial charge in [-0.05, 0) is 31.6 Å². The van der Waals surface area contributed by atoms with E-state index in [1.165, 1.54) is 6.42 Å². The molecule has 1 fully saturated rings. The third-order valence-electron chi connectivity index (χ3n) is 3.43. The van der Waals surface area contributed by atoms with E-state index in [1.807, 2.05) is 7.05 Å². The molecule has 2 amide bonds. The first-order valence-electron chi connectivity index (χ1n) is 6.28. The summed E-state index contributed by atoms with van der Waals surface area (Å²) >= 11 is 0. The highest BCUT2D eigenvalue weighted by Crippen LogP contribution is 2.18. The Kier molecular flexibility index (Phi) is 5.06. The number of carbonyl (C=O) groups is 1. The van der Waals surface area contributed by atoms with Gasteiger partial charge in [0, 0.05) is 25.7 Å². The van der Waals surface area contributed by atoms with Crippen LogP contribution in [0.15, 0.2) is 0 Å². The van der Waals surface area contributed by atoms with Gasteiger partial charge in [0.25, 0.3) is 0 Å². The van der Waals surface area contributed by atoms with Crippen LogP contribution in [-0.4, -0.2) is 36.6 Å². The smallest absolute Gasteiger partial charge is 0.317 e. The van der Waals surface area contributed by atoms with Crippen molar-refractivity contribution >= 4 is 6.03 Å². The quantitative estimate of drug-likeness (QED) is 0.748. The Labute approximate surface area is 98.6 Å². The molecule has 1 atom stereocenters. The summed E-state index contributed by atoms with van der Waals surface area (Å²) in [5, 5.41) is 3.02. The zero-order valence-electron chi connectivity index (χ0n) is 10.7. The standard InChI is InChI=1S/C12H25N3O/c1-9(2)11(13)7-8-15(3)12(16)14-10-5-4-6-10/h9-11H,4-8,13H2,1-3H3,(H,14,16). The molecule has 0 aromatic rings. The summed E-state index contributed by atoms with van der Waals surface area (Å²) < 4.78 is 0. The molecule has 0 heterocycles. The number of rotatable bonds is 5. The van der Waals surface area contributed by atoms with Gasteiger partial charge in [-0.15, -0.1) is 0 Å². The van der Waals surface area contributed by atoms with Gasteiger partial charge in [0.1, 0.15) is 0 Å². The molecule has 0 aromatic heterocycles. The lowest BCUT2D eigenvalue weighted by molar-refractivity contribution is 0.194. The van der Waals surface area contributed by atoms with Gasteiger partial charge in [0.15, 0.2) is 0 Å². The molecule has 1 unspecified atom stereocenters. The van der Waals surface area contributed by atoms with Crippen molar-refractivity contribution in [2.75, 3.05) is 13.6 Å². The van der Waals surface area contributed by atoms with Gasteiger partial charge in [0.05, 0.1) is 0 Å². The Morgan fingerprint density at radius 1 is 1.50 bits per heavy atom. The SMILES string of the molecule is CC(C)C(N)CCN(C)C(=O)NC1CCC1. The fraction of sp³-hybridized carbons (Fsp3) is 0.917. The fourth-order valence-electron chi connectivity index (χ4n) is 1.61. The van der Waals surface area contributed by atoms with E-state index in [9.17, 15) is 4.79 Å². The van der Waals surface area contributed by atoms with Crippen LogP contribution >= 0.6 is 0 Å².